The fourth-order valence-electron chi connectivity index (χ4n) is 0.940. The zero-order valence-corrected chi connectivity index (χ0v) is 10.8. The summed E-state index contributed by atoms with van der Waals surface area (Å²) >= 11 is 11.1. The third kappa shape index (κ3) is 5.43. The van der Waals surface area contributed by atoms with E-state index >= 15 is 0 Å². The van der Waals surface area contributed by atoms with E-state index in [2.05, 4.69) is 20.3 Å². The largest absolute Gasteiger partial charge is 0.354 e. The number of nitrogens with zero attached hydrogens (tertiary/aromatic N) is 3. The molecular weight excluding hydrogens is 275 g/mol. The van der Waals surface area contributed by atoms with Crippen molar-refractivity contribution in [3.63, 3.8) is 0 Å². The predicted octanol–water partition coefficient (Wildman–Crippen LogP) is 1.03. The van der Waals surface area contributed by atoms with E-state index in [0.29, 0.717) is 13.0 Å². The maximum Gasteiger partial charge on any atom is 0.228 e. The number of rotatable bonds is 5. The number of sulfone groups is 1. The van der Waals surface area contributed by atoms with Crippen LogP contribution in [0, 0.1) is 0 Å². The highest BCUT2D eigenvalue weighted by Crippen LogP contribution is 2.09. The van der Waals surface area contributed by atoms with E-state index in [9.17, 15) is 8.42 Å². The average molecular weight is 285 g/mol. The molecule has 0 fully saturated rings. The van der Waals surface area contributed by atoms with Gasteiger partial charge in [0, 0.05) is 12.8 Å². The quantitative estimate of drug-likeness (QED) is 0.813. The summed E-state index contributed by atoms with van der Waals surface area (Å²) < 4.78 is 21.7. The van der Waals surface area contributed by atoms with E-state index < -0.39 is 9.84 Å². The molecule has 0 atom stereocenters. The fraction of sp³-hybridized carbons (Fsp3) is 0.571. The van der Waals surface area contributed by atoms with Crippen LogP contribution in [-0.2, 0) is 9.84 Å². The molecule has 16 heavy (non-hydrogen) atoms. The van der Waals surface area contributed by atoms with Crippen LogP contribution < -0.4 is 5.32 Å². The Balaban J connectivity index is 2.43. The number of hydrogen-bond acceptors (Lipinski definition) is 6. The zero-order chi connectivity index (χ0) is 12.2. The van der Waals surface area contributed by atoms with Gasteiger partial charge in [0.05, 0.1) is 5.75 Å². The highest BCUT2D eigenvalue weighted by molar-refractivity contribution is 7.90. The molecule has 0 saturated heterocycles. The Morgan fingerprint density at radius 3 is 2.25 bits per heavy atom. The van der Waals surface area contributed by atoms with Gasteiger partial charge in [0.15, 0.2) is 0 Å². The lowest BCUT2D eigenvalue weighted by molar-refractivity contribution is 0.600. The summed E-state index contributed by atoms with van der Waals surface area (Å²) in [5.74, 6) is 0.338. The third-order valence-corrected chi connectivity index (χ3v) is 2.92. The van der Waals surface area contributed by atoms with Crippen LogP contribution in [0.5, 0.6) is 0 Å². The average Bonchev–Trinajstić information content (AvgIpc) is 2.09. The molecule has 0 radical (unpaired) electrons. The Bertz CT molecular complexity index is 445. The summed E-state index contributed by atoms with van der Waals surface area (Å²) in [6, 6.07) is 0. The summed E-state index contributed by atoms with van der Waals surface area (Å²) in [6.07, 6.45) is 1.64. The molecule has 6 nitrogen and oxygen atoms in total. The SMILES string of the molecule is CS(=O)(=O)CCCNc1nc(Cl)nc(Cl)n1. The number of nitrogens with one attached hydrogen (secondary N) is 1. The Morgan fingerprint density at radius 1 is 1.19 bits per heavy atom. The summed E-state index contributed by atoms with van der Waals surface area (Å²) in [4.78, 5) is 11.1. The number of hydrogen-bond donors (Lipinski definition) is 1. The second-order valence-corrected chi connectivity index (χ2v) is 6.04. The molecule has 0 aromatic carbocycles. The van der Waals surface area contributed by atoms with Gasteiger partial charge in [-0.3, -0.25) is 0 Å². The van der Waals surface area contributed by atoms with Crippen molar-refractivity contribution < 1.29 is 8.42 Å². The lowest BCUT2D eigenvalue weighted by Crippen LogP contribution is -2.11. The van der Waals surface area contributed by atoms with Gasteiger partial charge in [-0.05, 0) is 29.6 Å². The van der Waals surface area contributed by atoms with Crippen LogP contribution in [0.3, 0.4) is 0 Å². The molecule has 0 spiro atoms. The Morgan fingerprint density at radius 2 is 1.75 bits per heavy atom. The minimum atomic E-state index is -2.94. The van der Waals surface area contributed by atoms with Crippen LogP contribution in [-0.4, -0.2) is 41.9 Å². The van der Waals surface area contributed by atoms with Crippen molar-refractivity contribution in [2.24, 2.45) is 0 Å². The summed E-state index contributed by atoms with van der Waals surface area (Å²) in [7, 11) is -2.94. The van der Waals surface area contributed by atoms with E-state index in [0.717, 1.165) is 0 Å². The van der Waals surface area contributed by atoms with Crippen molar-refractivity contribution in [2.45, 2.75) is 6.42 Å². The highest BCUT2D eigenvalue weighted by Gasteiger charge is 2.04. The molecule has 0 amide bonds. The summed E-state index contributed by atoms with van der Waals surface area (Å²) in [5, 5.41) is 2.79. The number of aromatic nitrogens is 3. The minimum absolute atomic E-state index is 0.00869. The van der Waals surface area contributed by atoms with Crippen LogP contribution >= 0.6 is 23.2 Å². The van der Waals surface area contributed by atoms with Crippen molar-refractivity contribution in [3.05, 3.63) is 10.6 Å². The van der Waals surface area contributed by atoms with Gasteiger partial charge in [0.2, 0.25) is 16.5 Å². The van der Waals surface area contributed by atoms with Crippen molar-refractivity contribution in [3.8, 4) is 0 Å². The minimum Gasteiger partial charge on any atom is -0.354 e. The van der Waals surface area contributed by atoms with E-state index in [1.807, 2.05) is 0 Å². The third-order valence-electron chi connectivity index (χ3n) is 1.56. The molecule has 0 saturated carbocycles. The second-order valence-electron chi connectivity index (χ2n) is 3.11. The smallest absolute Gasteiger partial charge is 0.228 e. The topological polar surface area (TPSA) is 84.8 Å². The summed E-state index contributed by atoms with van der Waals surface area (Å²) in [5.41, 5.74) is 0. The predicted molar refractivity (Wildman–Crippen MR) is 62.7 cm³/mol. The standard InChI is InChI=1S/C7H10Cl2N4O2S/c1-16(14,15)4-2-3-10-7-12-5(8)11-6(9)13-7/h2-4H2,1H3,(H,10,11,12,13). The first-order chi connectivity index (χ1) is 7.37. The summed E-state index contributed by atoms with van der Waals surface area (Å²) in [6.45, 7) is 0.420. The first kappa shape index (κ1) is 13.4. The van der Waals surface area contributed by atoms with Gasteiger partial charge in [-0.2, -0.15) is 15.0 Å². The van der Waals surface area contributed by atoms with Crippen LogP contribution in [0.1, 0.15) is 6.42 Å². The monoisotopic (exact) mass is 284 g/mol. The number of anilines is 1. The molecule has 1 N–H and O–H groups in total. The first-order valence-corrected chi connectivity index (χ1v) is 7.17. The highest BCUT2D eigenvalue weighted by atomic mass is 35.5. The molecule has 1 rings (SSSR count). The molecule has 90 valence electrons. The molecule has 1 aromatic heterocycles. The van der Waals surface area contributed by atoms with E-state index in [4.69, 9.17) is 23.2 Å². The second kappa shape index (κ2) is 5.60. The lowest BCUT2D eigenvalue weighted by atomic mass is 10.5. The lowest BCUT2D eigenvalue weighted by Gasteiger charge is -2.03. The van der Waals surface area contributed by atoms with Gasteiger partial charge in [-0.1, -0.05) is 0 Å². The maximum absolute atomic E-state index is 10.8. The zero-order valence-electron chi connectivity index (χ0n) is 8.44. The molecule has 0 aliphatic rings. The molecule has 1 heterocycles. The molecule has 0 aliphatic carbocycles. The molecular formula is C7H10Cl2N4O2S. The Labute approximate surface area is 103 Å². The Hall–Kier alpha value is -0.660. The van der Waals surface area contributed by atoms with E-state index in [1.54, 1.807) is 0 Å². The van der Waals surface area contributed by atoms with Crippen LogP contribution in [0.25, 0.3) is 0 Å². The van der Waals surface area contributed by atoms with Crippen molar-refractivity contribution in [1.29, 1.82) is 0 Å². The fourth-order valence-corrected chi connectivity index (χ4v) is 1.97. The van der Waals surface area contributed by atoms with Crippen LogP contribution in [0.2, 0.25) is 10.6 Å². The van der Waals surface area contributed by atoms with Gasteiger partial charge in [0.25, 0.3) is 0 Å². The number of halogens is 2. The Kier molecular flexibility index (Phi) is 4.69. The van der Waals surface area contributed by atoms with Gasteiger partial charge >= 0.3 is 0 Å². The van der Waals surface area contributed by atoms with E-state index in [-0.39, 0.29) is 22.3 Å². The van der Waals surface area contributed by atoms with Gasteiger partial charge in [0.1, 0.15) is 9.84 Å². The van der Waals surface area contributed by atoms with Crippen molar-refractivity contribution in [1.82, 2.24) is 15.0 Å². The van der Waals surface area contributed by atoms with Gasteiger partial charge in [-0.15, -0.1) is 0 Å². The van der Waals surface area contributed by atoms with Crippen LogP contribution in [0.15, 0.2) is 0 Å². The molecule has 0 unspecified atom stereocenters. The van der Waals surface area contributed by atoms with Crippen molar-refractivity contribution >= 4 is 39.0 Å². The first-order valence-electron chi connectivity index (χ1n) is 4.35. The maximum atomic E-state index is 10.8. The van der Waals surface area contributed by atoms with Crippen molar-refractivity contribution in [2.75, 3.05) is 23.9 Å². The molecule has 0 bridgehead atoms. The van der Waals surface area contributed by atoms with E-state index in [1.165, 1.54) is 6.26 Å². The van der Waals surface area contributed by atoms with Crippen LogP contribution in [0.4, 0.5) is 5.95 Å². The molecule has 0 aliphatic heterocycles. The van der Waals surface area contributed by atoms with Gasteiger partial charge < -0.3 is 5.32 Å². The normalized spacial score (nSPS) is 11.4. The molecule has 9 heteroatoms. The molecule has 1 aromatic rings. The van der Waals surface area contributed by atoms with Gasteiger partial charge in [-0.25, -0.2) is 8.42 Å².